The van der Waals surface area contributed by atoms with Gasteiger partial charge in [-0.2, -0.15) is 0 Å². The predicted molar refractivity (Wildman–Crippen MR) is 82.7 cm³/mol. The van der Waals surface area contributed by atoms with Crippen LogP contribution in [0, 0.1) is 0 Å². The van der Waals surface area contributed by atoms with Gasteiger partial charge < -0.3 is 15.6 Å². The highest BCUT2D eigenvalue weighted by molar-refractivity contribution is 5.76. The summed E-state index contributed by atoms with van der Waals surface area (Å²) in [5.41, 5.74) is 9.17. The van der Waals surface area contributed by atoms with E-state index in [-0.39, 0.29) is 0 Å². The van der Waals surface area contributed by atoms with Gasteiger partial charge in [-0.25, -0.2) is 4.98 Å². The zero-order valence-corrected chi connectivity index (χ0v) is 12.2. The number of aromatic nitrogens is 2. The molecular formula is C16H24N4. The topological polar surface area (TPSA) is 57.9 Å². The van der Waals surface area contributed by atoms with Crippen molar-refractivity contribution in [1.29, 1.82) is 0 Å². The molecule has 0 aliphatic heterocycles. The van der Waals surface area contributed by atoms with Crippen LogP contribution in [0.5, 0.6) is 0 Å². The van der Waals surface area contributed by atoms with Crippen molar-refractivity contribution in [2.75, 3.05) is 20.1 Å². The van der Waals surface area contributed by atoms with Crippen molar-refractivity contribution in [1.82, 2.24) is 14.9 Å². The Labute approximate surface area is 120 Å². The lowest BCUT2D eigenvalue weighted by atomic mass is 10.1. The van der Waals surface area contributed by atoms with Gasteiger partial charge in [0.25, 0.3) is 0 Å². The second kappa shape index (κ2) is 5.94. The van der Waals surface area contributed by atoms with Gasteiger partial charge in [0.05, 0.1) is 11.0 Å². The van der Waals surface area contributed by atoms with Crippen LogP contribution in [-0.2, 0) is 6.54 Å². The van der Waals surface area contributed by atoms with Crippen molar-refractivity contribution < 1.29 is 0 Å². The van der Waals surface area contributed by atoms with E-state index < -0.39 is 0 Å². The molecule has 4 heteroatoms. The van der Waals surface area contributed by atoms with E-state index in [0.717, 1.165) is 18.6 Å². The summed E-state index contributed by atoms with van der Waals surface area (Å²) in [6.45, 7) is 2.56. The van der Waals surface area contributed by atoms with Gasteiger partial charge in [0.1, 0.15) is 5.82 Å². The molecule has 1 aromatic heterocycles. The zero-order chi connectivity index (χ0) is 13.9. The number of rotatable bonds is 5. The molecule has 1 heterocycles. The van der Waals surface area contributed by atoms with Crippen molar-refractivity contribution in [3.63, 3.8) is 0 Å². The van der Waals surface area contributed by atoms with E-state index in [9.17, 15) is 0 Å². The third-order valence-corrected chi connectivity index (χ3v) is 4.27. The standard InChI is InChI=1S/C16H24N4/c1-20(9-8-17)11-12-6-7-14-15(10-12)19-16(18-14)13-4-2-3-5-13/h6-7,10,13H,2-5,8-9,11,17H2,1H3,(H,18,19). The summed E-state index contributed by atoms with van der Waals surface area (Å²) >= 11 is 0. The fourth-order valence-electron chi connectivity index (χ4n) is 3.18. The third kappa shape index (κ3) is 2.86. The Hall–Kier alpha value is -1.39. The summed E-state index contributed by atoms with van der Waals surface area (Å²) in [7, 11) is 2.11. The molecule has 2 aromatic rings. The normalized spacial score (nSPS) is 16.6. The SMILES string of the molecule is CN(CCN)Cc1ccc2nc(C3CCCC3)[nH]c2c1. The van der Waals surface area contributed by atoms with Gasteiger partial charge in [-0.1, -0.05) is 18.9 Å². The van der Waals surface area contributed by atoms with Crippen LogP contribution in [0.2, 0.25) is 0 Å². The fourth-order valence-corrected chi connectivity index (χ4v) is 3.18. The minimum absolute atomic E-state index is 0.644. The van der Waals surface area contributed by atoms with Gasteiger partial charge >= 0.3 is 0 Å². The minimum atomic E-state index is 0.644. The number of likely N-dealkylation sites (N-methyl/N-ethyl adjacent to an activating group) is 1. The number of aromatic amines is 1. The van der Waals surface area contributed by atoms with Gasteiger partial charge in [-0.15, -0.1) is 0 Å². The number of nitrogens with zero attached hydrogens (tertiary/aromatic N) is 2. The second-order valence-electron chi connectivity index (χ2n) is 5.98. The Morgan fingerprint density at radius 3 is 2.90 bits per heavy atom. The quantitative estimate of drug-likeness (QED) is 0.879. The van der Waals surface area contributed by atoms with Crippen LogP contribution in [0.4, 0.5) is 0 Å². The lowest BCUT2D eigenvalue weighted by molar-refractivity contribution is 0.336. The predicted octanol–water partition coefficient (Wildman–Crippen LogP) is 2.61. The van der Waals surface area contributed by atoms with Crippen LogP contribution in [0.15, 0.2) is 18.2 Å². The van der Waals surface area contributed by atoms with Crippen LogP contribution in [0.25, 0.3) is 11.0 Å². The molecule has 0 unspecified atom stereocenters. The molecule has 1 aliphatic carbocycles. The number of H-pyrrole nitrogens is 1. The molecule has 3 N–H and O–H groups in total. The Balaban J connectivity index is 1.79. The lowest BCUT2D eigenvalue weighted by Gasteiger charge is -2.15. The lowest BCUT2D eigenvalue weighted by Crippen LogP contribution is -2.24. The summed E-state index contributed by atoms with van der Waals surface area (Å²) in [6.07, 6.45) is 5.26. The summed E-state index contributed by atoms with van der Waals surface area (Å²) in [6, 6.07) is 6.54. The molecule has 0 saturated heterocycles. The largest absolute Gasteiger partial charge is 0.342 e. The molecular weight excluding hydrogens is 248 g/mol. The molecule has 0 amide bonds. The number of nitrogens with two attached hydrogens (primary N) is 1. The Morgan fingerprint density at radius 2 is 2.15 bits per heavy atom. The number of imidazole rings is 1. The van der Waals surface area contributed by atoms with Crippen LogP contribution in [0.3, 0.4) is 0 Å². The summed E-state index contributed by atoms with van der Waals surface area (Å²) in [4.78, 5) is 10.5. The van der Waals surface area contributed by atoms with Crippen LogP contribution >= 0.6 is 0 Å². The van der Waals surface area contributed by atoms with Crippen LogP contribution in [-0.4, -0.2) is 35.0 Å². The first kappa shape index (κ1) is 13.6. The van der Waals surface area contributed by atoms with E-state index in [0.29, 0.717) is 12.5 Å². The monoisotopic (exact) mass is 272 g/mol. The number of benzene rings is 1. The molecule has 0 bridgehead atoms. The second-order valence-corrected chi connectivity index (χ2v) is 5.98. The smallest absolute Gasteiger partial charge is 0.110 e. The molecule has 1 aromatic carbocycles. The summed E-state index contributed by atoms with van der Waals surface area (Å²) < 4.78 is 0. The van der Waals surface area contributed by atoms with E-state index in [4.69, 9.17) is 10.7 Å². The van der Waals surface area contributed by atoms with Gasteiger partial charge in [-0.3, -0.25) is 0 Å². The highest BCUT2D eigenvalue weighted by atomic mass is 15.1. The van der Waals surface area contributed by atoms with E-state index in [1.54, 1.807) is 0 Å². The molecule has 1 fully saturated rings. The molecule has 0 radical (unpaired) electrons. The molecule has 1 aliphatic rings. The van der Waals surface area contributed by atoms with E-state index in [2.05, 4.69) is 35.1 Å². The van der Waals surface area contributed by atoms with Crippen LogP contribution < -0.4 is 5.73 Å². The van der Waals surface area contributed by atoms with Gasteiger partial charge in [0, 0.05) is 25.6 Å². The highest BCUT2D eigenvalue weighted by Gasteiger charge is 2.20. The number of nitrogens with one attached hydrogen (secondary N) is 1. The maximum Gasteiger partial charge on any atom is 0.110 e. The molecule has 0 atom stereocenters. The average molecular weight is 272 g/mol. The summed E-state index contributed by atoms with van der Waals surface area (Å²) in [5.74, 6) is 1.83. The van der Waals surface area contributed by atoms with E-state index >= 15 is 0 Å². The zero-order valence-electron chi connectivity index (χ0n) is 12.2. The molecule has 20 heavy (non-hydrogen) atoms. The molecule has 0 spiro atoms. The number of hydrogen-bond donors (Lipinski definition) is 2. The van der Waals surface area contributed by atoms with Crippen molar-refractivity contribution in [3.8, 4) is 0 Å². The summed E-state index contributed by atoms with van der Waals surface area (Å²) in [5, 5.41) is 0. The minimum Gasteiger partial charge on any atom is -0.342 e. The van der Waals surface area contributed by atoms with Gasteiger partial charge in [0.2, 0.25) is 0 Å². The Kier molecular flexibility index (Phi) is 4.03. The highest BCUT2D eigenvalue weighted by Crippen LogP contribution is 2.33. The maximum atomic E-state index is 5.59. The van der Waals surface area contributed by atoms with E-state index in [1.165, 1.54) is 42.6 Å². The van der Waals surface area contributed by atoms with E-state index in [1.807, 2.05) is 0 Å². The Morgan fingerprint density at radius 1 is 1.35 bits per heavy atom. The molecule has 4 nitrogen and oxygen atoms in total. The fraction of sp³-hybridized carbons (Fsp3) is 0.562. The molecule has 108 valence electrons. The van der Waals surface area contributed by atoms with Crippen LogP contribution in [0.1, 0.15) is 43.0 Å². The maximum absolute atomic E-state index is 5.59. The first-order valence-electron chi connectivity index (χ1n) is 7.63. The van der Waals surface area contributed by atoms with Crippen molar-refractivity contribution in [2.45, 2.75) is 38.1 Å². The third-order valence-electron chi connectivity index (χ3n) is 4.27. The van der Waals surface area contributed by atoms with Gasteiger partial charge in [-0.05, 0) is 37.6 Å². The first-order valence-corrected chi connectivity index (χ1v) is 7.63. The van der Waals surface area contributed by atoms with Crippen molar-refractivity contribution >= 4 is 11.0 Å². The van der Waals surface area contributed by atoms with Gasteiger partial charge in [0.15, 0.2) is 0 Å². The average Bonchev–Trinajstić information content (AvgIpc) is 3.07. The Bertz CT molecular complexity index is 569. The molecule has 3 rings (SSSR count). The van der Waals surface area contributed by atoms with Crippen molar-refractivity contribution in [3.05, 3.63) is 29.6 Å². The first-order chi connectivity index (χ1) is 9.76. The van der Waals surface area contributed by atoms with Crippen molar-refractivity contribution in [2.24, 2.45) is 5.73 Å². The number of fused-ring (bicyclic) bond motifs is 1. The number of hydrogen-bond acceptors (Lipinski definition) is 3. The molecule has 1 saturated carbocycles.